The maximum Gasteiger partial charge on any atom is 0.0544 e. The number of nitrogens with one attached hydrogen (secondary N) is 1. The molecular formula is C23H33N5. The summed E-state index contributed by atoms with van der Waals surface area (Å²) in [4.78, 5) is 9.47. The van der Waals surface area contributed by atoms with Crippen LogP contribution in [0.4, 0.5) is 5.69 Å². The Labute approximate surface area is 168 Å². The van der Waals surface area contributed by atoms with Crippen molar-refractivity contribution in [1.29, 1.82) is 0 Å². The minimum absolute atomic E-state index is 0.370. The summed E-state index contributed by atoms with van der Waals surface area (Å²) in [6.07, 6.45) is 5.23. The summed E-state index contributed by atoms with van der Waals surface area (Å²) < 4.78 is 0. The van der Waals surface area contributed by atoms with Gasteiger partial charge in [-0.05, 0) is 62.1 Å². The van der Waals surface area contributed by atoms with Gasteiger partial charge in [-0.25, -0.2) is 0 Å². The Morgan fingerprint density at radius 3 is 2.79 bits per heavy atom. The highest BCUT2D eigenvalue weighted by Crippen LogP contribution is 2.30. The van der Waals surface area contributed by atoms with Gasteiger partial charge in [-0.3, -0.25) is 9.88 Å². The Morgan fingerprint density at radius 1 is 1.21 bits per heavy atom. The first-order valence-electron chi connectivity index (χ1n) is 10.5. The van der Waals surface area contributed by atoms with E-state index >= 15 is 0 Å². The Hall–Kier alpha value is -1.95. The van der Waals surface area contributed by atoms with E-state index in [1.807, 2.05) is 6.20 Å². The zero-order valence-electron chi connectivity index (χ0n) is 17.2. The molecule has 0 spiro atoms. The topological polar surface area (TPSA) is 57.4 Å². The van der Waals surface area contributed by atoms with Crippen molar-refractivity contribution in [1.82, 2.24) is 15.2 Å². The molecule has 0 bridgehead atoms. The molecular weight excluding hydrogens is 346 g/mol. The number of fused-ring (bicyclic) bond motifs is 1. The highest BCUT2D eigenvalue weighted by molar-refractivity contribution is 5.58. The minimum atomic E-state index is 0.370. The fraction of sp³-hybridized carbons (Fsp3) is 0.522. The molecule has 5 nitrogen and oxygen atoms in total. The van der Waals surface area contributed by atoms with Crippen LogP contribution in [-0.4, -0.2) is 48.6 Å². The van der Waals surface area contributed by atoms with E-state index in [1.54, 1.807) is 0 Å². The quantitative estimate of drug-likeness (QED) is 0.836. The second-order valence-corrected chi connectivity index (χ2v) is 8.54. The third-order valence-electron chi connectivity index (χ3n) is 6.10. The molecule has 2 aromatic rings. The standard InChI is InChI=1S/C23H33N5/c1-17-6-7-20(25-13-17)15-27(2)16-21-12-22-18(14-26-21)4-3-5-23(22)28-10-8-19(24)9-11-28/h3-7,13,19,21,26H,8-12,14-16,24H2,1-2H3. The molecule has 1 fully saturated rings. The van der Waals surface area contributed by atoms with Crippen LogP contribution >= 0.6 is 0 Å². The fourth-order valence-electron chi connectivity index (χ4n) is 4.47. The molecule has 1 saturated heterocycles. The van der Waals surface area contributed by atoms with Crippen molar-refractivity contribution in [3.05, 3.63) is 58.9 Å². The number of pyridine rings is 1. The van der Waals surface area contributed by atoms with Crippen LogP contribution in [0.15, 0.2) is 36.5 Å². The van der Waals surface area contributed by atoms with Gasteiger partial charge in [0, 0.05) is 56.7 Å². The van der Waals surface area contributed by atoms with Crippen molar-refractivity contribution in [3.63, 3.8) is 0 Å². The molecule has 2 aliphatic rings. The van der Waals surface area contributed by atoms with Crippen molar-refractivity contribution in [2.75, 3.05) is 31.6 Å². The van der Waals surface area contributed by atoms with Crippen LogP contribution in [0.5, 0.6) is 0 Å². The summed E-state index contributed by atoms with van der Waals surface area (Å²) in [5, 5.41) is 3.74. The molecule has 3 N–H and O–H groups in total. The van der Waals surface area contributed by atoms with Crippen LogP contribution in [0.3, 0.4) is 0 Å². The van der Waals surface area contributed by atoms with E-state index in [9.17, 15) is 0 Å². The van der Waals surface area contributed by atoms with Gasteiger partial charge in [0.05, 0.1) is 5.69 Å². The van der Waals surface area contributed by atoms with E-state index in [-0.39, 0.29) is 0 Å². The number of aryl methyl sites for hydroxylation is 1. The second-order valence-electron chi connectivity index (χ2n) is 8.54. The lowest BCUT2D eigenvalue weighted by Gasteiger charge is -2.37. The number of rotatable bonds is 5. The van der Waals surface area contributed by atoms with Crippen molar-refractivity contribution in [2.45, 2.75) is 51.4 Å². The Morgan fingerprint density at radius 2 is 2.04 bits per heavy atom. The summed E-state index contributed by atoms with van der Waals surface area (Å²) in [7, 11) is 2.19. The predicted octanol–water partition coefficient (Wildman–Crippen LogP) is 2.46. The van der Waals surface area contributed by atoms with Gasteiger partial charge >= 0.3 is 0 Å². The van der Waals surface area contributed by atoms with E-state index in [0.29, 0.717) is 12.1 Å². The van der Waals surface area contributed by atoms with E-state index < -0.39 is 0 Å². The molecule has 0 radical (unpaired) electrons. The number of anilines is 1. The molecule has 28 heavy (non-hydrogen) atoms. The van der Waals surface area contributed by atoms with Gasteiger partial charge in [0.1, 0.15) is 0 Å². The molecule has 4 rings (SSSR count). The second kappa shape index (κ2) is 8.60. The summed E-state index contributed by atoms with van der Waals surface area (Å²) in [5.41, 5.74) is 12.9. The summed E-state index contributed by atoms with van der Waals surface area (Å²) >= 11 is 0. The summed E-state index contributed by atoms with van der Waals surface area (Å²) in [6, 6.07) is 11.9. The number of hydrogen-bond donors (Lipinski definition) is 2. The number of piperidine rings is 1. The van der Waals surface area contributed by atoms with E-state index in [1.165, 1.54) is 22.4 Å². The normalized spacial score (nSPS) is 20.4. The van der Waals surface area contributed by atoms with Crippen LogP contribution in [0.1, 0.15) is 35.2 Å². The number of nitrogens with two attached hydrogens (primary N) is 1. The lowest BCUT2D eigenvalue weighted by atomic mass is 9.92. The first-order valence-corrected chi connectivity index (χ1v) is 10.5. The summed E-state index contributed by atoms with van der Waals surface area (Å²) in [6.45, 7) is 7.10. The number of likely N-dealkylation sites (N-methyl/N-ethyl adjacent to an activating group) is 1. The SMILES string of the molecule is Cc1ccc(CN(C)CC2Cc3c(cccc3N3CCC(N)CC3)CN2)nc1. The first-order chi connectivity index (χ1) is 13.6. The van der Waals surface area contributed by atoms with Gasteiger partial charge in [0.15, 0.2) is 0 Å². The molecule has 1 aromatic carbocycles. The molecule has 3 heterocycles. The van der Waals surface area contributed by atoms with Gasteiger partial charge < -0.3 is 16.0 Å². The number of aromatic nitrogens is 1. The van der Waals surface area contributed by atoms with Crippen LogP contribution in [0, 0.1) is 6.92 Å². The molecule has 1 aromatic heterocycles. The van der Waals surface area contributed by atoms with Gasteiger partial charge in [-0.1, -0.05) is 18.2 Å². The lowest BCUT2D eigenvalue weighted by molar-refractivity contribution is 0.271. The number of nitrogens with zero attached hydrogens (tertiary/aromatic N) is 3. The Bertz CT molecular complexity index is 780. The molecule has 2 aliphatic heterocycles. The highest BCUT2D eigenvalue weighted by atomic mass is 15.2. The average Bonchev–Trinajstić information content (AvgIpc) is 2.70. The summed E-state index contributed by atoms with van der Waals surface area (Å²) in [5.74, 6) is 0. The van der Waals surface area contributed by atoms with Gasteiger partial charge in [-0.15, -0.1) is 0 Å². The molecule has 0 saturated carbocycles. The largest absolute Gasteiger partial charge is 0.371 e. The van der Waals surface area contributed by atoms with Crippen LogP contribution < -0.4 is 16.0 Å². The van der Waals surface area contributed by atoms with E-state index in [2.05, 4.69) is 64.4 Å². The molecule has 1 atom stereocenters. The number of hydrogen-bond acceptors (Lipinski definition) is 5. The first kappa shape index (κ1) is 19.4. The molecule has 0 aliphatic carbocycles. The molecule has 5 heteroatoms. The highest BCUT2D eigenvalue weighted by Gasteiger charge is 2.25. The molecule has 150 valence electrons. The molecule has 1 unspecified atom stereocenters. The van der Waals surface area contributed by atoms with Gasteiger partial charge in [0.25, 0.3) is 0 Å². The van der Waals surface area contributed by atoms with Crippen LogP contribution in [0.2, 0.25) is 0 Å². The van der Waals surface area contributed by atoms with Crippen LogP contribution in [-0.2, 0) is 19.5 Å². The molecule has 0 amide bonds. The third-order valence-corrected chi connectivity index (χ3v) is 6.10. The average molecular weight is 380 g/mol. The van der Waals surface area contributed by atoms with E-state index in [4.69, 9.17) is 5.73 Å². The Balaban J connectivity index is 1.41. The Kier molecular flexibility index (Phi) is 5.95. The van der Waals surface area contributed by atoms with Crippen molar-refractivity contribution in [2.24, 2.45) is 5.73 Å². The smallest absolute Gasteiger partial charge is 0.0544 e. The van der Waals surface area contributed by atoms with Gasteiger partial charge in [-0.2, -0.15) is 0 Å². The third kappa shape index (κ3) is 4.54. The van der Waals surface area contributed by atoms with Crippen molar-refractivity contribution in [3.8, 4) is 0 Å². The maximum absolute atomic E-state index is 6.11. The zero-order chi connectivity index (χ0) is 19.5. The predicted molar refractivity (Wildman–Crippen MR) is 116 cm³/mol. The van der Waals surface area contributed by atoms with Crippen molar-refractivity contribution < 1.29 is 0 Å². The van der Waals surface area contributed by atoms with Crippen LogP contribution in [0.25, 0.3) is 0 Å². The van der Waals surface area contributed by atoms with Crippen molar-refractivity contribution >= 4 is 5.69 Å². The fourth-order valence-corrected chi connectivity index (χ4v) is 4.47. The number of benzene rings is 1. The minimum Gasteiger partial charge on any atom is -0.371 e. The van der Waals surface area contributed by atoms with Gasteiger partial charge in [0.2, 0.25) is 0 Å². The zero-order valence-corrected chi connectivity index (χ0v) is 17.2. The lowest BCUT2D eigenvalue weighted by Crippen LogP contribution is -2.45. The monoisotopic (exact) mass is 379 g/mol. The van der Waals surface area contributed by atoms with E-state index in [0.717, 1.165) is 57.7 Å². The maximum atomic E-state index is 6.11.